The molecule has 656 valence electrons. The predicted octanol–water partition coefficient (Wildman–Crippen LogP) is -5.14. The molecular weight excluding hydrogens is 1550 g/mol. The van der Waals surface area contributed by atoms with E-state index >= 15 is 0 Å². The van der Waals surface area contributed by atoms with Crippen molar-refractivity contribution >= 4 is 129 Å². The lowest BCUT2D eigenvalue weighted by atomic mass is 9.99. The van der Waals surface area contributed by atoms with E-state index in [0.29, 0.717) is 22.0 Å². The maximum absolute atomic E-state index is 14.6. The molecule has 18 amide bonds. The van der Waals surface area contributed by atoms with Gasteiger partial charge in [0.05, 0.1) is 19.5 Å². The van der Waals surface area contributed by atoms with Crippen LogP contribution >= 0.6 is 0 Å². The highest BCUT2D eigenvalue weighted by molar-refractivity contribution is 6.01. The first-order valence-electron chi connectivity index (χ1n) is 39.0. The molecule has 1 saturated heterocycles. The van der Waals surface area contributed by atoms with Crippen LogP contribution in [0.15, 0.2) is 60.8 Å². The van der Waals surface area contributed by atoms with E-state index in [2.05, 4.69) is 84.7 Å². The molecule has 1 fully saturated rings. The number of nitrogens with two attached hydrogens (primary N) is 5. The van der Waals surface area contributed by atoms with Gasteiger partial charge in [0, 0.05) is 62.7 Å². The maximum atomic E-state index is 14.6. The van der Waals surface area contributed by atoms with Crippen LogP contribution in [-0.4, -0.2) is 220 Å². The molecule has 3 aromatic rings. The Balaban J connectivity index is 0.00000893. The van der Waals surface area contributed by atoms with Gasteiger partial charge in [-0.2, -0.15) is 0 Å². The molecule has 4 rings (SSSR count). The lowest BCUT2D eigenvalue weighted by Crippen LogP contribution is -2.60. The molecule has 0 radical (unpaired) electrons. The number of primary amides is 4. The monoisotopic (exact) mass is 1670 g/mol. The molecule has 1 aliphatic rings. The fourth-order valence-electron chi connectivity index (χ4n) is 12.2. The standard InChI is InChI=1S/C75H114N22O18.C2H4O2/c1-37(2)28-50(63(79)104)93-71(112)52(30-39(5)6)95-72(113)53(31-42-16-11-10-12-17-42)88-61(103)36-85-74(115)62(40(7)8)97-64(105)41(9)86-70(111)54(32-43-34-83-45-19-14-13-18-44(43)45)96-69(110)49(22-25-57(77)99)92-73(114)55(33-58(78)100)89-60(102)35-84-65(106)51(29-38(3)4)94-66(107)46(20-15-27-82-75(80)81)90-68(109)48(21-24-56(76)98)91-67(108)47-23-26-59(101)87-47;1-2(3)4/h10-14,16-19,34,37-41,46-55,62,83H,15,20-33,35-36H2,1-9H3,(H2,76,98)(H2,77,99)(H2,78,100)(H2,79,104)(H,84,106)(H,85,115)(H,86,111)(H,87,101)(H,88,103)(H,89,102)(H,90,109)(H,91,108)(H,92,114)(H,93,112)(H,94,107)(H,95,113)(H,96,110)(H,97,105)(H4,80,81,82);1H3,(H,3,4). The third kappa shape index (κ3) is 38.2. The molecule has 2 heterocycles. The SMILES string of the molecule is CC(=O)O.CC(C)CC(NC(=O)C(CC(C)C)NC(=O)C(Cc1ccccc1)NC(=O)CNC(=O)C(NC(=O)C(C)NC(=O)C(Cc1c[nH]c2ccccc12)NC(=O)C(CCC(N)=O)NC(=O)C(CC(N)=O)NC(=O)CNC(=O)C(CC(C)C)NC(=O)C(CCCNC(=N)N)NC(=O)C(CCC(N)=O)NC(=O)C1CCC(=O)N1)C(C)C)C(N)=O. The zero-order valence-electron chi connectivity index (χ0n) is 68.6. The van der Waals surface area contributed by atoms with Gasteiger partial charge in [-0.15, -0.1) is 0 Å². The average Bonchev–Trinajstić information content (AvgIpc) is 1.70. The summed E-state index contributed by atoms with van der Waals surface area (Å²) in [6.07, 6.45) is -1.08. The van der Waals surface area contributed by atoms with Crippen LogP contribution in [0.4, 0.5) is 0 Å². The smallest absolute Gasteiger partial charge is 0.300 e. The van der Waals surface area contributed by atoms with Gasteiger partial charge in [-0.25, -0.2) is 0 Å². The number of carbonyl (C=O) groups is 19. The Kier molecular flexibility index (Phi) is 42.7. The second kappa shape index (κ2) is 50.6. The van der Waals surface area contributed by atoms with Crippen LogP contribution in [0.1, 0.15) is 157 Å². The molecule has 28 N–H and O–H groups in total. The van der Waals surface area contributed by atoms with Gasteiger partial charge >= 0.3 is 0 Å². The number of H-pyrrole nitrogens is 1. The van der Waals surface area contributed by atoms with Crippen LogP contribution in [0.5, 0.6) is 0 Å². The average molecular weight is 1670 g/mol. The number of aromatic nitrogens is 1. The lowest BCUT2D eigenvalue weighted by Gasteiger charge is -2.27. The number of carboxylic acids is 1. The minimum absolute atomic E-state index is 0.0166. The number of hydrogen-bond acceptors (Lipinski definition) is 20. The van der Waals surface area contributed by atoms with E-state index in [1.807, 2.05) is 27.7 Å². The first kappa shape index (κ1) is 100. The summed E-state index contributed by atoms with van der Waals surface area (Å²) in [5, 5.41) is 53.3. The normalized spacial score (nSPS) is 15.0. The number of carbonyl (C=O) groups excluding carboxylic acids is 18. The second-order valence-corrected chi connectivity index (χ2v) is 30.4. The summed E-state index contributed by atoms with van der Waals surface area (Å²) in [7, 11) is 0. The van der Waals surface area contributed by atoms with E-state index in [-0.39, 0.29) is 94.9 Å². The van der Waals surface area contributed by atoms with E-state index in [1.165, 1.54) is 6.92 Å². The van der Waals surface area contributed by atoms with Crippen LogP contribution in [0.3, 0.4) is 0 Å². The molecule has 2 aromatic carbocycles. The van der Waals surface area contributed by atoms with Gasteiger partial charge in [-0.1, -0.05) is 104 Å². The first-order chi connectivity index (χ1) is 55.8. The maximum Gasteiger partial charge on any atom is 0.300 e. The van der Waals surface area contributed by atoms with Gasteiger partial charge in [0.15, 0.2) is 5.96 Å². The fourth-order valence-corrected chi connectivity index (χ4v) is 12.2. The highest BCUT2D eigenvalue weighted by Gasteiger charge is 2.38. The Bertz CT molecular complexity index is 4070. The number of hydrogen-bond donors (Lipinski definition) is 23. The van der Waals surface area contributed by atoms with Crippen LogP contribution in [0, 0.1) is 29.1 Å². The number of carboxylic acid groups (broad SMARTS) is 1. The molecule has 12 atom stereocenters. The molecule has 0 spiro atoms. The summed E-state index contributed by atoms with van der Waals surface area (Å²) in [6, 6.07) is -1.37. The van der Waals surface area contributed by atoms with Crippen molar-refractivity contribution < 1.29 is 96.2 Å². The summed E-state index contributed by atoms with van der Waals surface area (Å²) in [5.41, 5.74) is 29.2. The van der Waals surface area contributed by atoms with Crippen LogP contribution in [-0.2, 0) is 104 Å². The summed E-state index contributed by atoms with van der Waals surface area (Å²) in [4.78, 5) is 255. The number of aromatic amines is 1. The number of para-hydroxylation sites is 1. The van der Waals surface area contributed by atoms with Gasteiger partial charge in [-0.3, -0.25) is 96.5 Å². The molecular formula is C77H118N22O20. The molecule has 1 aromatic heterocycles. The Morgan fingerprint density at radius 2 is 0.908 bits per heavy atom. The topological polar surface area (TPSA) is 695 Å². The van der Waals surface area contributed by atoms with Gasteiger partial charge in [0.1, 0.15) is 72.5 Å². The highest BCUT2D eigenvalue weighted by Crippen LogP contribution is 2.21. The number of rotatable bonds is 50. The predicted molar refractivity (Wildman–Crippen MR) is 432 cm³/mol. The molecule has 42 heteroatoms. The van der Waals surface area contributed by atoms with Gasteiger partial charge in [0.25, 0.3) is 5.97 Å². The molecule has 119 heavy (non-hydrogen) atoms. The highest BCUT2D eigenvalue weighted by atomic mass is 16.4. The van der Waals surface area contributed by atoms with Crippen LogP contribution < -0.4 is 108 Å². The van der Waals surface area contributed by atoms with Crippen molar-refractivity contribution in [3.8, 4) is 0 Å². The van der Waals surface area contributed by atoms with E-state index in [9.17, 15) is 86.3 Å². The summed E-state index contributed by atoms with van der Waals surface area (Å²) >= 11 is 0. The zero-order valence-corrected chi connectivity index (χ0v) is 68.6. The number of guanidine groups is 1. The van der Waals surface area contributed by atoms with Crippen molar-refractivity contribution in [2.24, 2.45) is 52.3 Å². The lowest BCUT2D eigenvalue weighted by molar-refractivity contribution is -0.136. The van der Waals surface area contributed by atoms with E-state index < -0.39 is 229 Å². The van der Waals surface area contributed by atoms with Crippen molar-refractivity contribution in [3.05, 3.63) is 71.9 Å². The third-order valence-electron chi connectivity index (χ3n) is 18.2. The molecule has 12 unspecified atom stereocenters. The fraction of sp³-hybridized carbons (Fsp3) is 0.558. The Morgan fingerprint density at radius 1 is 0.471 bits per heavy atom. The van der Waals surface area contributed by atoms with Crippen LogP contribution in [0.2, 0.25) is 0 Å². The zero-order chi connectivity index (χ0) is 89.5. The molecule has 0 aliphatic carbocycles. The van der Waals surface area contributed by atoms with Crippen molar-refractivity contribution in [1.82, 2.24) is 84.7 Å². The van der Waals surface area contributed by atoms with Crippen molar-refractivity contribution in [2.45, 2.75) is 232 Å². The molecule has 42 nitrogen and oxygen atoms in total. The van der Waals surface area contributed by atoms with Crippen LogP contribution in [0.25, 0.3) is 10.9 Å². The number of nitrogens with one attached hydrogen (secondary N) is 17. The van der Waals surface area contributed by atoms with Gasteiger partial charge in [-0.05, 0) is 99.2 Å². The quantitative estimate of drug-likeness (QED) is 0.0143. The summed E-state index contributed by atoms with van der Waals surface area (Å²) < 4.78 is 0. The third-order valence-corrected chi connectivity index (χ3v) is 18.2. The molecule has 0 saturated carbocycles. The first-order valence-corrected chi connectivity index (χ1v) is 39.0. The number of amides is 18. The van der Waals surface area contributed by atoms with Crippen molar-refractivity contribution in [2.75, 3.05) is 19.6 Å². The number of fused-ring (bicyclic) bond motifs is 1. The molecule has 0 bridgehead atoms. The number of benzene rings is 2. The van der Waals surface area contributed by atoms with Gasteiger partial charge in [0.2, 0.25) is 106 Å². The molecule has 1 aliphatic heterocycles. The Morgan fingerprint density at radius 3 is 1.41 bits per heavy atom. The Labute approximate surface area is 688 Å². The largest absolute Gasteiger partial charge is 0.481 e. The Hall–Kier alpha value is -12.8. The van der Waals surface area contributed by atoms with Crippen molar-refractivity contribution in [1.29, 1.82) is 5.41 Å². The number of aliphatic carboxylic acids is 1. The minimum Gasteiger partial charge on any atom is -0.481 e. The van der Waals surface area contributed by atoms with Crippen molar-refractivity contribution in [3.63, 3.8) is 0 Å². The van der Waals surface area contributed by atoms with Gasteiger partial charge < -0.3 is 119 Å². The summed E-state index contributed by atoms with van der Waals surface area (Å²) in [5.74, 6) is -18.5. The van der Waals surface area contributed by atoms with E-state index in [4.69, 9.17) is 44.0 Å². The van der Waals surface area contributed by atoms with E-state index in [0.717, 1.165) is 6.92 Å². The minimum atomic E-state index is -1.89. The van der Waals surface area contributed by atoms with E-state index in [1.54, 1.807) is 88.5 Å². The second-order valence-electron chi connectivity index (χ2n) is 30.4. The summed E-state index contributed by atoms with van der Waals surface area (Å²) in [6.45, 7) is 14.7.